The Balaban J connectivity index is 2.84. The average molecular weight is 236 g/mol. The van der Waals surface area contributed by atoms with Crippen LogP contribution in [0.4, 0.5) is 0 Å². The Kier molecular flexibility index (Phi) is 4.90. The molecule has 1 heterocycles. The number of hydrogen-bond acceptors (Lipinski definition) is 4. The van der Waals surface area contributed by atoms with E-state index in [0.29, 0.717) is 11.6 Å². The van der Waals surface area contributed by atoms with Crippen LogP contribution in [0.25, 0.3) is 0 Å². The highest BCUT2D eigenvalue weighted by molar-refractivity contribution is 5.96. The van der Waals surface area contributed by atoms with Gasteiger partial charge in [-0.1, -0.05) is 25.1 Å². The molecule has 17 heavy (non-hydrogen) atoms. The van der Waals surface area contributed by atoms with Crippen LogP contribution in [0.15, 0.2) is 23.5 Å². The summed E-state index contributed by atoms with van der Waals surface area (Å²) in [6, 6.07) is 3.80. The fourth-order valence-electron chi connectivity index (χ4n) is 1.82. The Bertz CT molecular complexity index is 390. The standard InChI is InChI=1S/C12H20N4O/c1-9(2)7-16(3)8-10-5-4-6-14-11(10)12(13)15-17/h4-6,9,17H,7-8H2,1-3H3,(H2,13,15). The third-order valence-corrected chi connectivity index (χ3v) is 2.36. The van der Waals surface area contributed by atoms with Crippen LogP contribution >= 0.6 is 0 Å². The summed E-state index contributed by atoms with van der Waals surface area (Å²) in [5.74, 6) is 0.655. The molecule has 0 spiro atoms. The minimum absolute atomic E-state index is 0.0542. The van der Waals surface area contributed by atoms with Crippen molar-refractivity contribution in [3.05, 3.63) is 29.6 Å². The van der Waals surface area contributed by atoms with Crippen molar-refractivity contribution in [3.8, 4) is 0 Å². The Labute approximate surface area is 102 Å². The zero-order chi connectivity index (χ0) is 12.8. The molecule has 0 radical (unpaired) electrons. The minimum atomic E-state index is 0.0542. The number of hydrogen-bond donors (Lipinski definition) is 2. The fraction of sp³-hybridized carbons (Fsp3) is 0.500. The van der Waals surface area contributed by atoms with Crippen molar-refractivity contribution in [1.29, 1.82) is 0 Å². The molecule has 0 fully saturated rings. The Morgan fingerprint density at radius 3 is 2.88 bits per heavy atom. The Morgan fingerprint density at radius 2 is 2.29 bits per heavy atom. The number of amidine groups is 1. The van der Waals surface area contributed by atoms with Gasteiger partial charge in [-0.3, -0.25) is 4.98 Å². The zero-order valence-corrected chi connectivity index (χ0v) is 10.6. The van der Waals surface area contributed by atoms with Gasteiger partial charge in [-0.2, -0.15) is 0 Å². The molecule has 0 amide bonds. The molecule has 0 aliphatic heterocycles. The third kappa shape index (κ3) is 4.03. The lowest BCUT2D eigenvalue weighted by molar-refractivity contribution is 0.287. The highest BCUT2D eigenvalue weighted by Crippen LogP contribution is 2.09. The van der Waals surface area contributed by atoms with Gasteiger partial charge in [-0.05, 0) is 24.6 Å². The van der Waals surface area contributed by atoms with Crippen LogP contribution in [0.3, 0.4) is 0 Å². The van der Waals surface area contributed by atoms with Gasteiger partial charge in [0, 0.05) is 19.3 Å². The lowest BCUT2D eigenvalue weighted by Crippen LogP contribution is -2.25. The van der Waals surface area contributed by atoms with E-state index in [1.54, 1.807) is 6.20 Å². The van der Waals surface area contributed by atoms with E-state index in [4.69, 9.17) is 10.9 Å². The molecule has 0 aliphatic carbocycles. The molecule has 3 N–H and O–H groups in total. The predicted molar refractivity (Wildman–Crippen MR) is 67.9 cm³/mol. The largest absolute Gasteiger partial charge is 0.409 e. The van der Waals surface area contributed by atoms with Crippen molar-refractivity contribution < 1.29 is 5.21 Å². The van der Waals surface area contributed by atoms with E-state index >= 15 is 0 Å². The summed E-state index contributed by atoms with van der Waals surface area (Å²) in [6.45, 7) is 6.07. The summed E-state index contributed by atoms with van der Waals surface area (Å²) >= 11 is 0. The quantitative estimate of drug-likeness (QED) is 0.349. The van der Waals surface area contributed by atoms with Crippen LogP contribution < -0.4 is 5.73 Å². The molecule has 0 bridgehead atoms. The van der Waals surface area contributed by atoms with E-state index in [-0.39, 0.29) is 5.84 Å². The van der Waals surface area contributed by atoms with E-state index in [0.717, 1.165) is 18.7 Å². The van der Waals surface area contributed by atoms with Gasteiger partial charge in [-0.15, -0.1) is 0 Å². The topological polar surface area (TPSA) is 74.7 Å². The number of nitrogens with two attached hydrogens (primary N) is 1. The van der Waals surface area contributed by atoms with Crippen LogP contribution in [-0.2, 0) is 6.54 Å². The monoisotopic (exact) mass is 236 g/mol. The molecule has 0 aromatic carbocycles. The lowest BCUT2D eigenvalue weighted by atomic mass is 10.1. The second-order valence-corrected chi connectivity index (χ2v) is 4.59. The molecular formula is C12H20N4O. The summed E-state index contributed by atoms with van der Waals surface area (Å²) in [5, 5.41) is 11.7. The van der Waals surface area contributed by atoms with Gasteiger partial charge < -0.3 is 15.8 Å². The summed E-state index contributed by atoms with van der Waals surface area (Å²) in [5.41, 5.74) is 7.10. The van der Waals surface area contributed by atoms with Crippen molar-refractivity contribution in [1.82, 2.24) is 9.88 Å². The Morgan fingerprint density at radius 1 is 1.59 bits per heavy atom. The molecule has 0 saturated heterocycles. The maximum absolute atomic E-state index is 8.70. The predicted octanol–water partition coefficient (Wildman–Crippen LogP) is 1.26. The molecule has 0 saturated carbocycles. The van der Waals surface area contributed by atoms with E-state index in [1.807, 2.05) is 19.2 Å². The number of rotatable bonds is 5. The second kappa shape index (κ2) is 6.20. The first-order chi connectivity index (χ1) is 8.04. The van der Waals surface area contributed by atoms with Gasteiger partial charge in [0.25, 0.3) is 0 Å². The summed E-state index contributed by atoms with van der Waals surface area (Å²) in [6.07, 6.45) is 1.64. The van der Waals surface area contributed by atoms with Gasteiger partial charge in [0.15, 0.2) is 5.84 Å². The summed E-state index contributed by atoms with van der Waals surface area (Å²) in [4.78, 5) is 6.33. The molecule has 94 valence electrons. The molecule has 1 aromatic rings. The number of aromatic nitrogens is 1. The molecule has 0 aliphatic rings. The van der Waals surface area contributed by atoms with Crippen LogP contribution in [0.5, 0.6) is 0 Å². The van der Waals surface area contributed by atoms with Gasteiger partial charge in [0.1, 0.15) is 5.69 Å². The first-order valence-electron chi connectivity index (χ1n) is 5.65. The van der Waals surface area contributed by atoms with Gasteiger partial charge >= 0.3 is 0 Å². The molecule has 0 atom stereocenters. The lowest BCUT2D eigenvalue weighted by Gasteiger charge is -2.19. The molecule has 0 unspecified atom stereocenters. The average Bonchev–Trinajstić information content (AvgIpc) is 2.27. The van der Waals surface area contributed by atoms with Crippen molar-refractivity contribution in [2.75, 3.05) is 13.6 Å². The molecular weight excluding hydrogens is 216 g/mol. The van der Waals surface area contributed by atoms with Crippen molar-refractivity contribution in [2.45, 2.75) is 20.4 Å². The van der Waals surface area contributed by atoms with Crippen LogP contribution in [0, 0.1) is 5.92 Å². The van der Waals surface area contributed by atoms with Gasteiger partial charge in [0.2, 0.25) is 0 Å². The van der Waals surface area contributed by atoms with Crippen LogP contribution in [-0.4, -0.2) is 34.5 Å². The number of nitrogens with zero attached hydrogens (tertiary/aromatic N) is 3. The third-order valence-electron chi connectivity index (χ3n) is 2.36. The minimum Gasteiger partial charge on any atom is -0.409 e. The zero-order valence-electron chi connectivity index (χ0n) is 10.6. The molecule has 1 rings (SSSR count). The number of oxime groups is 1. The smallest absolute Gasteiger partial charge is 0.189 e. The summed E-state index contributed by atoms with van der Waals surface area (Å²) in [7, 11) is 2.04. The SMILES string of the molecule is CC(C)CN(C)Cc1cccnc1C(N)=NO. The number of pyridine rings is 1. The van der Waals surface area contributed by atoms with Crippen LogP contribution in [0.2, 0.25) is 0 Å². The van der Waals surface area contributed by atoms with Gasteiger partial charge in [-0.25, -0.2) is 0 Å². The van der Waals surface area contributed by atoms with Crippen molar-refractivity contribution in [3.63, 3.8) is 0 Å². The fourth-order valence-corrected chi connectivity index (χ4v) is 1.82. The molecule has 5 nitrogen and oxygen atoms in total. The van der Waals surface area contributed by atoms with Crippen molar-refractivity contribution >= 4 is 5.84 Å². The maximum atomic E-state index is 8.70. The van der Waals surface area contributed by atoms with Crippen molar-refractivity contribution in [2.24, 2.45) is 16.8 Å². The van der Waals surface area contributed by atoms with E-state index in [9.17, 15) is 0 Å². The highest BCUT2D eigenvalue weighted by Gasteiger charge is 2.10. The molecule has 1 aromatic heterocycles. The highest BCUT2D eigenvalue weighted by atomic mass is 16.4. The Hall–Kier alpha value is -1.62. The maximum Gasteiger partial charge on any atom is 0.189 e. The van der Waals surface area contributed by atoms with E-state index in [2.05, 4.69) is 28.9 Å². The summed E-state index contributed by atoms with van der Waals surface area (Å²) < 4.78 is 0. The normalized spacial score (nSPS) is 12.4. The molecule has 5 heteroatoms. The van der Waals surface area contributed by atoms with E-state index < -0.39 is 0 Å². The van der Waals surface area contributed by atoms with E-state index in [1.165, 1.54) is 0 Å². The van der Waals surface area contributed by atoms with Gasteiger partial charge in [0.05, 0.1) is 0 Å². The first-order valence-corrected chi connectivity index (χ1v) is 5.65. The first kappa shape index (κ1) is 13.4. The van der Waals surface area contributed by atoms with Crippen LogP contribution in [0.1, 0.15) is 25.1 Å². The second-order valence-electron chi connectivity index (χ2n) is 4.59.